The van der Waals surface area contributed by atoms with Crippen LogP contribution in [0.25, 0.3) is 0 Å². The average molecular weight is 355 g/mol. The summed E-state index contributed by atoms with van der Waals surface area (Å²) < 4.78 is 7.54. The Morgan fingerprint density at radius 1 is 1.15 bits per heavy atom. The molecule has 1 fully saturated rings. The third kappa shape index (κ3) is 3.69. The van der Waals surface area contributed by atoms with Crippen molar-refractivity contribution in [2.24, 2.45) is 0 Å². The van der Waals surface area contributed by atoms with Gasteiger partial charge in [0.1, 0.15) is 5.69 Å². The molecule has 0 spiro atoms. The lowest BCUT2D eigenvalue weighted by Gasteiger charge is -2.27. The molecule has 0 atom stereocenters. The number of nitrogens with zero attached hydrogens (tertiary/aromatic N) is 2. The molecular formula is C21H29N3O2. The van der Waals surface area contributed by atoms with E-state index in [2.05, 4.69) is 62.0 Å². The predicted molar refractivity (Wildman–Crippen MR) is 103 cm³/mol. The number of amides is 1. The summed E-state index contributed by atoms with van der Waals surface area (Å²) in [7, 11) is 0. The van der Waals surface area contributed by atoms with E-state index in [0.29, 0.717) is 19.8 Å². The van der Waals surface area contributed by atoms with Gasteiger partial charge < -0.3 is 9.30 Å². The highest BCUT2D eigenvalue weighted by atomic mass is 16.5. The molecule has 1 saturated heterocycles. The van der Waals surface area contributed by atoms with Crippen LogP contribution in [0, 0.1) is 20.8 Å². The summed E-state index contributed by atoms with van der Waals surface area (Å²) in [6, 6.07) is 8.37. The normalized spacial score (nSPS) is 15.2. The molecule has 1 aromatic carbocycles. The van der Waals surface area contributed by atoms with Gasteiger partial charge in [0.15, 0.2) is 0 Å². The molecule has 5 nitrogen and oxygen atoms in total. The summed E-state index contributed by atoms with van der Waals surface area (Å²) in [6.07, 6.45) is 0.927. The molecule has 26 heavy (non-hydrogen) atoms. The molecular weight excluding hydrogens is 326 g/mol. The molecule has 1 aliphatic rings. The van der Waals surface area contributed by atoms with Crippen molar-refractivity contribution in [3.05, 3.63) is 57.9 Å². The molecule has 0 saturated carbocycles. The second-order valence-corrected chi connectivity index (χ2v) is 6.94. The lowest BCUT2D eigenvalue weighted by Crippen LogP contribution is -2.48. The molecule has 1 aliphatic heterocycles. The average Bonchev–Trinajstić information content (AvgIpc) is 2.87. The van der Waals surface area contributed by atoms with E-state index in [-0.39, 0.29) is 5.91 Å². The van der Waals surface area contributed by atoms with E-state index in [1.165, 1.54) is 22.4 Å². The Morgan fingerprint density at radius 2 is 1.85 bits per heavy atom. The number of morpholine rings is 1. The number of hydrogen-bond acceptors (Lipinski definition) is 3. The van der Waals surface area contributed by atoms with Gasteiger partial charge in [0.25, 0.3) is 5.91 Å². The number of hydrazine groups is 1. The highest BCUT2D eigenvalue weighted by Crippen LogP contribution is 2.25. The van der Waals surface area contributed by atoms with Crippen LogP contribution in [0.3, 0.4) is 0 Å². The number of hydrogen-bond donors (Lipinski definition) is 1. The van der Waals surface area contributed by atoms with Crippen LogP contribution in [0.2, 0.25) is 0 Å². The van der Waals surface area contributed by atoms with Gasteiger partial charge in [0.2, 0.25) is 0 Å². The van der Waals surface area contributed by atoms with Crippen LogP contribution in [0.15, 0.2) is 24.3 Å². The van der Waals surface area contributed by atoms with E-state index in [9.17, 15) is 4.79 Å². The zero-order chi connectivity index (χ0) is 18.7. The van der Waals surface area contributed by atoms with Crippen LogP contribution in [0.1, 0.15) is 45.4 Å². The monoisotopic (exact) mass is 355 g/mol. The number of carbonyl (C=O) groups is 1. The van der Waals surface area contributed by atoms with Gasteiger partial charge in [-0.2, -0.15) is 0 Å². The fourth-order valence-corrected chi connectivity index (χ4v) is 3.79. The molecule has 0 aliphatic carbocycles. The summed E-state index contributed by atoms with van der Waals surface area (Å²) >= 11 is 0. The quantitative estimate of drug-likeness (QED) is 0.897. The summed E-state index contributed by atoms with van der Waals surface area (Å²) in [5.74, 6) is -0.0271. The molecule has 5 heteroatoms. The molecule has 0 radical (unpaired) electrons. The van der Waals surface area contributed by atoms with E-state index >= 15 is 0 Å². The molecule has 2 heterocycles. The van der Waals surface area contributed by atoms with Crippen molar-refractivity contribution in [1.29, 1.82) is 0 Å². The number of benzene rings is 1. The van der Waals surface area contributed by atoms with Crippen molar-refractivity contribution < 1.29 is 9.53 Å². The second-order valence-electron chi connectivity index (χ2n) is 6.94. The Balaban J connectivity index is 1.95. The molecule has 2 aromatic rings. The van der Waals surface area contributed by atoms with Crippen molar-refractivity contribution in [2.75, 3.05) is 26.3 Å². The first-order valence-corrected chi connectivity index (χ1v) is 9.39. The molecule has 1 amide bonds. The van der Waals surface area contributed by atoms with E-state index in [0.717, 1.165) is 30.8 Å². The van der Waals surface area contributed by atoms with Gasteiger partial charge in [0, 0.05) is 25.3 Å². The predicted octanol–water partition coefficient (Wildman–Crippen LogP) is 3.00. The van der Waals surface area contributed by atoms with Crippen molar-refractivity contribution >= 4 is 5.91 Å². The van der Waals surface area contributed by atoms with Crippen molar-refractivity contribution in [3.63, 3.8) is 0 Å². The standard InChI is InChI=1S/C21H29N3O2/c1-5-19-16(3)20(21(25)22-23-10-12-26-13-11-23)24(17(19)4)14-18-9-7-6-8-15(18)2/h6-9H,5,10-14H2,1-4H3,(H,22,25). The number of nitrogens with one attached hydrogen (secondary N) is 1. The zero-order valence-electron chi connectivity index (χ0n) is 16.3. The van der Waals surface area contributed by atoms with Gasteiger partial charge in [-0.25, -0.2) is 5.01 Å². The maximum absolute atomic E-state index is 13.1. The van der Waals surface area contributed by atoms with Crippen molar-refractivity contribution in [2.45, 2.75) is 40.7 Å². The van der Waals surface area contributed by atoms with Crippen LogP contribution < -0.4 is 5.43 Å². The van der Waals surface area contributed by atoms with Crippen molar-refractivity contribution in [3.8, 4) is 0 Å². The minimum absolute atomic E-state index is 0.0271. The lowest BCUT2D eigenvalue weighted by atomic mass is 10.1. The summed E-state index contributed by atoms with van der Waals surface area (Å²) in [5, 5.41) is 1.96. The Labute approximate surface area is 155 Å². The van der Waals surface area contributed by atoms with Crippen LogP contribution in [0.4, 0.5) is 0 Å². The molecule has 1 N–H and O–H groups in total. The molecule has 0 unspecified atom stereocenters. The van der Waals surface area contributed by atoms with Crippen molar-refractivity contribution in [1.82, 2.24) is 15.0 Å². The maximum Gasteiger partial charge on any atom is 0.282 e. The Morgan fingerprint density at radius 3 is 2.50 bits per heavy atom. The smallest absolute Gasteiger partial charge is 0.282 e. The summed E-state index contributed by atoms with van der Waals surface area (Å²) in [6.45, 7) is 11.9. The first-order valence-electron chi connectivity index (χ1n) is 9.39. The van der Waals surface area contributed by atoms with Crippen LogP contribution in [0.5, 0.6) is 0 Å². The van der Waals surface area contributed by atoms with E-state index in [4.69, 9.17) is 4.74 Å². The molecule has 0 bridgehead atoms. The zero-order valence-corrected chi connectivity index (χ0v) is 16.3. The number of aromatic nitrogens is 1. The van der Waals surface area contributed by atoms with Gasteiger partial charge in [-0.3, -0.25) is 10.2 Å². The van der Waals surface area contributed by atoms with Gasteiger partial charge in [-0.15, -0.1) is 0 Å². The number of ether oxygens (including phenoxy) is 1. The number of aryl methyl sites for hydroxylation is 1. The maximum atomic E-state index is 13.1. The highest BCUT2D eigenvalue weighted by Gasteiger charge is 2.24. The van der Waals surface area contributed by atoms with Crippen LogP contribution >= 0.6 is 0 Å². The third-order valence-corrected chi connectivity index (χ3v) is 5.35. The Hall–Kier alpha value is -2.11. The minimum Gasteiger partial charge on any atom is -0.379 e. The van der Waals surface area contributed by atoms with Gasteiger partial charge in [-0.05, 0) is 49.4 Å². The SMILES string of the molecule is CCc1c(C)c(C(=O)NN2CCOCC2)n(Cc2ccccc2C)c1C. The fourth-order valence-electron chi connectivity index (χ4n) is 3.79. The van der Waals surface area contributed by atoms with Gasteiger partial charge in [-0.1, -0.05) is 31.2 Å². The summed E-state index contributed by atoms with van der Waals surface area (Å²) in [4.78, 5) is 13.1. The first kappa shape index (κ1) is 18.7. The van der Waals surface area contributed by atoms with Gasteiger partial charge >= 0.3 is 0 Å². The van der Waals surface area contributed by atoms with E-state index in [1.54, 1.807) is 0 Å². The molecule has 140 valence electrons. The van der Waals surface area contributed by atoms with Gasteiger partial charge in [0.05, 0.1) is 13.2 Å². The molecule has 1 aromatic heterocycles. The topological polar surface area (TPSA) is 46.5 Å². The van der Waals surface area contributed by atoms with Crippen LogP contribution in [-0.4, -0.2) is 41.8 Å². The largest absolute Gasteiger partial charge is 0.379 e. The van der Waals surface area contributed by atoms with E-state index in [1.807, 2.05) is 5.01 Å². The number of rotatable bonds is 5. The third-order valence-electron chi connectivity index (χ3n) is 5.35. The fraction of sp³-hybridized carbons (Fsp3) is 0.476. The highest BCUT2D eigenvalue weighted by molar-refractivity contribution is 5.94. The Bertz CT molecular complexity index is 789. The Kier molecular flexibility index (Phi) is 5.79. The second kappa shape index (κ2) is 8.06. The number of carbonyl (C=O) groups excluding carboxylic acids is 1. The van der Waals surface area contributed by atoms with E-state index < -0.39 is 0 Å². The first-order chi connectivity index (χ1) is 12.5. The molecule has 3 rings (SSSR count). The van der Waals surface area contributed by atoms with Crippen LogP contribution in [-0.2, 0) is 17.7 Å². The lowest BCUT2D eigenvalue weighted by molar-refractivity contribution is 0.0123. The summed E-state index contributed by atoms with van der Waals surface area (Å²) in [5.41, 5.74) is 9.88. The minimum atomic E-state index is -0.0271.